The van der Waals surface area contributed by atoms with Gasteiger partial charge < -0.3 is 15.8 Å². The lowest BCUT2D eigenvalue weighted by Gasteiger charge is -2.26. The van der Waals surface area contributed by atoms with E-state index in [4.69, 9.17) is 10.5 Å². The van der Waals surface area contributed by atoms with Gasteiger partial charge in [0.05, 0.1) is 28.9 Å². The van der Waals surface area contributed by atoms with E-state index in [9.17, 15) is 18.0 Å². The van der Waals surface area contributed by atoms with E-state index in [0.717, 1.165) is 0 Å². The van der Waals surface area contributed by atoms with Crippen molar-refractivity contribution in [2.45, 2.75) is 24.0 Å². The van der Waals surface area contributed by atoms with Crippen molar-refractivity contribution in [3.05, 3.63) is 59.0 Å². The molecule has 1 atom stereocenters. The van der Waals surface area contributed by atoms with Crippen LogP contribution in [-0.2, 0) is 21.2 Å². The van der Waals surface area contributed by atoms with Crippen LogP contribution in [0.3, 0.4) is 0 Å². The lowest BCUT2D eigenvalue weighted by Crippen LogP contribution is -2.34. The number of carbonyl (C=O) groups excluding carboxylic acids is 2. The molecule has 0 aliphatic carbocycles. The molecule has 0 saturated carbocycles. The first-order valence-corrected chi connectivity index (χ1v) is 10.8. The van der Waals surface area contributed by atoms with Crippen molar-refractivity contribution in [2.75, 3.05) is 12.9 Å². The molecule has 0 unspecified atom stereocenters. The monoisotopic (exact) mass is 429 g/mol. The van der Waals surface area contributed by atoms with Crippen molar-refractivity contribution < 1.29 is 22.7 Å². The van der Waals surface area contributed by atoms with Gasteiger partial charge in [0.1, 0.15) is 5.69 Å². The summed E-state index contributed by atoms with van der Waals surface area (Å²) in [6.45, 7) is 0.0244. The Morgan fingerprint density at radius 2 is 2.07 bits per heavy atom. The number of nitrogens with zero attached hydrogens (tertiary/aromatic N) is 3. The summed E-state index contributed by atoms with van der Waals surface area (Å²) < 4.78 is 30.9. The molecule has 0 bridgehead atoms. The third-order valence-corrected chi connectivity index (χ3v) is 6.78. The number of primary amides is 1. The number of benzene rings is 1. The third kappa shape index (κ3) is 3.31. The van der Waals surface area contributed by atoms with Crippen molar-refractivity contribution in [3.8, 4) is 0 Å². The van der Waals surface area contributed by atoms with Crippen LogP contribution in [0.2, 0.25) is 0 Å². The highest BCUT2D eigenvalue weighted by Gasteiger charge is 2.31. The zero-order valence-corrected chi connectivity index (χ0v) is 16.8. The molecule has 0 saturated heterocycles. The summed E-state index contributed by atoms with van der Waals surface area (Å²) in [5.41, 5.74) is 6.65. The van der Waals surface area contributed by atoms with Gasteiger partial charge in [-0.15, -0.1) is 0 Å². The van der Waals surface area contributed by atoms with Crippen LogP contribution < -0.4 is 11.1 Å². The zero-order chi connectivity index (χ0) is 21.5. The normalized spacial score (nSPS) is 17.4. The molecule has 1 aromatic carbocycles. The number of methoxy groups -OCH3 is 1. The number of fused-ring (bicyclic) bond motifs is 2. The van der Waals surface area contributed by atoms with E-state index in [-0.39, 0.29) is 46.3 Å². The van der Waals surface area contributed by atoms with Gasteiger partial charge in [0, 0.05) is 13.3 Å². The molecule has 0 fully saturated rings. The summed E-state index contributed by atoms with van der Waals surface area (Å²) in [5.74, 6) is -1.27. The fraction of sp³-hybridized carbons (Fsp3) is 0.263. The van der Waals surface area contributed by atoms with Gasteiger partial charge in [-0.05, 0) is 24.1 Å². The molecule has 3 N–H and O–H groups in total. The molecule has 4 rings (SSSR count). The summed E-state index contributed by atoms with van der Waals surface area (Å²) in [4.78, 5) is 29.5. The second-order valence-corrected chi connectivity index (χ2v) is 8.93. The van der Waals surface area contributed by atoms with Crippen LogP contribution >= 0.6 is 0 Å². The van der Waals surface area contributed by atoms with Crippen molar-refractivity contribution in [2.24, 2.45) is 5.73 Å². The molecule has 2 aromatic heterocycles. The van der Waals surface area contributed by atoms with Gasteiger partial charge in [0.15, 0.2) is 21.2 Å². The van der Waals surface area contributed by atoms with Crippen LogP contribution in [0, 0.1) is 0 Å². The van der Waals surface area contributed by atoms with Crippen molar-refractivity contribution in [1.82, 2.24) is 19.9 Å². The predicted octanol–water partition coefficient (Wildman–Crippen LogP) is 0.623. The maximum absolute atomic E-state index is 13.1. The van der Waals surface area contributed by atoms with Crippen molar-refractivity contribution >= 4 is 27.3 Å². The number of nitrogens with two attached hydrogens (primary N) is 1. The molecule has 1 aliphatic heterocycles. The van der Waals surface area contributed by atoms with Crippen LogP contribution in [0.25, 0.3) is 5.65 Å². The number of amides is 2. The Bertz CT molecular complexity index is 1270. The lowest BCUT2D eigenvalue weighted by molar-refractivity contribution is 0.0933. The van der Waals surface area contributed by atoms with E-state index >= 15 is 0 Å². The fourth-order valence-corrected chi connectivity index (χ4v) is 5.25. The Hall–Kier alpha value is -3.31. The highest BCUT2D eigenvalue weighted by Crippen LogP contribution is 2.32. The maximum Gasteiger partial charge on any atom is 0.269 e. The molecule has 10 nitrogen and oxygen atoms in total. The average Bonchev–Trinajstić information content (AvgIpc) is 3.09. The standard InChI is InChI=1S/C19H19N5O5S/c1-29-10-14-16(17(20)25)24-18(22-14)12(6-8-21-24)19(26)23-13-7-9-30(27,28)15-5-3-2-4-11(13)15/h2-6,8,13H,7,9-10H2,1H3,(H2,20,25)(H,23,26)/t13-/m0/s1. The number of nitrogens with one attached hydrogen (secondary N) is 1. The van der Waals surface area contributed by atoms with E-state index < -0.39 is 27.7 Å². The smallest absolute Gasteiger partial charge is 0.269 e. The Morgan fingerprint density at radius 3 is 2.80 bits per heavy atom. The third-order valence-electron chi connectivity index (χ3n) is 4.96. The zero-order valence-electron chi connectivity index (χ0n) is 16.0. The van der Waals surface area contributed by atoms with Crippen LogP contribution in [0.1, 0.15) is 44.6 Å². The van der Waals surface area contributed by atoms with Gasteiger partial charge in [-0.2, -0.15) is 5.10 Å². The molecule has 11 heteroatoms. The quantitative estimate of drug-likeness (QED) is 0.604. The second kappa shape index (κ2) is 7.50. The molecule has 2 amide bonds. The number of ether oxygens (including phenoxy) is 1. The highest BCUT2D eigenvalue weighted by molar-refractivity contribution is 7.91. The van der Waals surface area contributed by atoms with Gasteiger partial charge in [0.2, 0.25) is 0 Å². The molecule has 0 radical (unpaired) electrons. The Kier molecular flexibility index (Phi) is 5.00. The Labute approximate surface area is 172 Å². The van der Waals surface area contributed by atoms with Gasteiger partial charge >= 0.3 is 0 Å². The molecule has 0 spiro atoms. The van der Waals surface area contributed by atoms with Gasteiger partial charge in [-0.1, -0.05) is 18.2 Å². The Morgan fingerprint density at radius 1 is 1.30 bits per heavy atom. The van der Waals surface area contributed by atoms with E-state index in [1.807, 2.05) is 0 Å². The van der Waals surface area contributed by atoms with Crippen molar-refractivity contribution in [1.29, 1.82) is 0 Å². The summed E-state index contributed by atoms with van der Waals surface area (Å²) in [6, 6.07) is 7.61. The fourth-order valence-electron chi connectivity index (χ4n) is 3.63. The molecular weight excluding hydrogens is 410 g/mol. The summed E-state index contributed by atoms with van der Waals surface area (Å²) in [7, 11) is -1.92. The minimum Gasteiger partial charge on any atom is -0.378 e. The molecular formula is C19H19N5O5S. The lowest BCUT2D eigenvalue weighted by atomic mass is 10.0. The predicted molar refractivity (Wildman–Crippen MR) is 106 cm³/mol. The first kappa shape index (κ1) is 20.0. The SMILES string of the molecule is COCc1nc2c(C(=O)N[C@H]3CCS(=O)(=O)c4ccccc43)ccnn2c1C(N)=O. The maximum atomic E-state index is 13.1. The van der Waals surface area contributed by atoms with E-state index in [0.29, 0.717) is 5.56 Å². The number of sulfone groups is 1. The number of imidazole rings is 1. The van der Waals surface area contributed by atoms with E-state index in [1.165, 1.54) is 23.9 Å². The average molecular weight is 429 g/mol. The summed E-state index contributed by atoms with van der Waals surface area (Å²) >= 11 is 0. The van der Waals surface area contributed by atoms with Gasteiger partial charge in [-0.25, -0.2) is 17.9 Å². The topological polar surface area (TPSA) is 146 Å². The minimum absolute atomic E-state index is 0.0244. The van der Waals surface area contributed by atoms with E-state index in [2.05, 4.69) is 15.4 Å². The van der Waals surface area contributed by atoms with Crippen LogP contribution in [0.5, 0.6) is 0 Å². The summed E-state index contributed by atoms with van der Waals surface area (Å²) in [5, 5.41) is 6.97. The second-order valence-electron chi connectivity index (χ2n) is 6.86. The molecule has 1 aliphatic rings. The molecule has 3 aromatic rings. The number of aromatic nitrogens is 3. The molecule has 30 heavy (non-hydrogen) atoms. The number of rotatable bonds is 5. The number of hydrogen-bond donors (Lipinski definition) is 2. The van der Waals surface area contributed by atoms with Crippen LogP contribution in [0.15, 0.2) is 41.4 Å². The number of hydrogen-bond acceptors (Lipinski definition) is 7. The van der Waals surface area contributed by atoms with Crippen molar-refractivity contribution in [3.63, 3.8) is 0 Å². The number of carbonyl (C=O) groups is 2. The van der Waals surface area contributed by atoms with Gasteiger partial charge in [-0.3, -0.25) is 9.59 Å². The highest BCUT2D eigenvalue weighted by atomic mass is 32.2. The first-order chi connectivity index (χ1) is 14.3. The molecule has 3 heterocycles. The minimum atomic E-state index is -3.37. The van der Waals surface area contributed by atoms with Gasteiger partial charge in [0.25, 0.3) is 11.8 Å². The summed E-state index contributed by atoms with van der Waals surface area (Å²) in [6.07, 6.45) is 1.62. The Balaban J connectivity index is 1.73. The first-order valence-electron chi connectivity index (χ1n) is 9.11. The largest absolute Gasteiger partial charge is 0.378 e. The van der Waals surface area contributed by atoms with Crippen LogP contribution in [-0.4, -0.2) is 47.7 Å². The molecule has 156 valence electrons. The van der Waals surface area contributed by atoms with E-state index in [1.54, 1.807) is 24.3 Å². The van der Waals surface area contributed by atoms with Crippen LogP contribution in [0.4, 0.5) is 0 Å².